The van der Waals surface area contributed by atoms with Gasteiger partial charge in [0.15, 0.2) is 0 Å². The zero-order valence-electron chi connectivity index (χ0n) is 21.2. The van der Waals surface area contributed by atoms with Crippen LogP contribution in [0.3, 0.4) is 0 Å². The molecule has 2 aromatic carbocycles. The monoisotopic (exact) mass is 472 g/mol. The Bertz CT molecular complexity index is 1120. The molecule has 1 amide bonds. The Labute approximate surface area is 209 Å². The molecule has 2 heterocycles. The molecule has 0 unspecified atom stereocenters. The molecule has 0 bridgehead atoms. The van der Waals surface area contributed by atoms with Crippen molar-refractivity contribution in [1.82, 2.24) is 14.9 Å². The van der Waals surface area contributed by atoms with Crippen molar-refractivity contribution in [3.8, 4) is 5.75 Å². The average molecular weight is 473 g/mol. The Balaban J connectivity index is 1.46. The summed E-state index contributed by atoms with van der Waals surface area (Å²) in [7, 11) is 0. The summed E-state index contributed by atoms with van der Waals surface area (Å²) >= 11 is 0. The lowest BCUT2D eigenvalue weighted by molar-refractivity contribution is 0.0767. The van der Waals surface area contributed by atoms with Crippen LogP contribution < -0.4 is 9.64 Å². The van der Waals surface area contributed by atoms with Crippen molar-refractivity contribution in [2.45, 2.75) is 46.5 Å². The number of anilines is 1. The first kappa shape index (κ1) is 24.7. The lowest BCUT2D eigenvalue weighted by Crippen LogP contribution is -2.35. The van der Waals surface area contributed by atoms with Gasteiger partial charge in [-0.3, -0.25) is 4.79 Å². The second kappa shape index (κ2) is 11.8. The molecule has 0 spiro atoms. The SMILES string of the molecule is CCCCOc1ccc(C(=O)N2CCCN(c3nc(C)nc(C)c3Cc3ccccc3)CC2)cc1. The Morgan fingerprint density at radius 1 is 0.943 bits per heavy atom. The molecule has 1 fully saturated rings. The number of hydrogen-bond donors (Lipinski definition) is 0. The highest BCUT2D eigenvalue weighted by atomic mass is 16.5. The first-order valence-electron chi connectivity index (χ1n) is 12.7. The molecular weight excluding hydrogens is 436 g/mol. The molecule has 1 saturated heterocycles. The number of amides is 1. The average Bonchev–Trinajstić information content (AvgIpc) is 3.13. The van der Waals surface area contributed by atoms with E-state index in [9.17, 15) is 4.79 Å². The third-order valence-electron chi connectivity index (χ3n) is 6.48. The summed E-state index contributed by atoms with van der Waals surface area (Å²) < 4.78 is 5.74. The Morgan fingerprint density at radius 3 is 2.46 bits per heavy atom. The van der Waals surface area contributed by atoms with Gasteiger partial charge in [-0.25, -0.2) is 9.97 Å². The molecule has 4 rings (SSSR count). The van der Waals surface area contributed by atoms with Crippen LogP contribution in [0.4, 0.5) is 5.82 Å². The number of unbranched alkanes of at least 4 members (excludes halogenated alkanes) is 1. The summed E-state index contributed by atoms with van der Waals surface area (Å²) in [4.78, 5) is 27.0. The van der Waals surface area contributed by atoms with Crippen molar-refractivity contribution in [3.05, 3.63) is 82.8 Å². The lowest BCUT2D eigenvalue weighted by atomic mass is 10.0. The molecule has 35 heavy (non-hydrogen) atoms. The van der Waals surface area contributed by atoms with Crippen LogP contribution in [0.15, 0.2) is 54.6 Å². The summed E-state index contributed by atoms with van der Waals surface area (Å²) in [5.74, 6) is 2.68. The molecule has 1 aliphatic rings. The van der Waals surface area contributed by atoms with Crippen LogP contribution >= 0.6 is 0 Å². The molecular formula is C29H36N4O2. The van der Waals surface area contributed by atoms with Gasteiger partial charge in [-0.2, -0.15) is 0 Å². The van der Waals surface area contributed by atoms with E-state index < -0.39 is 0 Å². The van der Waals surface area contributed by atoms with E-state index in [-0.39, 0.29) is 5.91 Å². The highest BCUT2D eigenvalue weighted by Crippen LogP contribution is 2.25. The first-order valence-corrected chi connectivity index (χ1v) is 12.7. The van der Waals surface area contributed by atoms with Gasteiger partial charge in [0.1, 0.15) is 17.4 Å². The molecule has 1 aromatic heterocycles. The number of hydrogen-bond acceptors (Lipinski definition) is 5. The number of aromatic nitrogens is 2. The van der Waals surface area contributed by atoms with E-state index >= 15 is 0 Å². The second-order valence-corrected chi connectivity index (χ2v) is 9.18. The zero-order valence-corrected chi connectivity index (χ0v) is 21.2. The molecule has 1 aliphatic heterocycles. The minimum absolute atomic E-state index is 0.0755. The van der Waals surface area contributed by atoms with Crippen molar-refractivity contribution in [2.75, 3.05) is 37.7 Å². The first-order chi connectivity index (χ1) is 17.0. The lowest BCUT2D eigenvalue weighted by Gasteiger charge is -2.26. The van der Waals surface area contributed by atoms with Crippen molar-refractivity contribution < 1.29 is 9.53 Å². The molecule has 0 aliphatic carbocycles. The third-order valence-corrected chi connectivity index (χ3v) is 6.48. The highest BCUT2D eigenvalue weighted by Gasteiger charge is 2.23. The normalized spacial score (nSPS) is 14.0. The van der Waals surface area contributed by atoms with Crippen LogP contribution in [-0.2, 0) is 6.42 Å². The van der Waals surface area contributed by atoms with E-state index in [1.165, 1.54) is 11.1 Å². The summed E-state index contributed by atoms with van der Waals surface area (Å²) in [5, 5.41) is 0. The predicted octanol–water partition coefficient (Wildman–Crippen LogP) is 5.22. The second-order valence-electron chi connectivity index (χ2n) is 9.18. The molecule has 6 nitrogen and oxygen atoms in total. The van der Waals surface area contributed by atoms with Gasteiger partial charge in [-0.1, -0.05) is 43.7 Å². The molecule has 0 saturated carbocycles. The zero-order chi connectivity index (χ0) is 24.6. The number of nitrogens with zero attached hydrogens (tertiary/aromatic N) is 4. The highest BCUT2D eigenvalue weighted by molar-refractivity contribution is 5.94. The van der Waals surface area contributed by atoms with Crippen LogP contribution in [0.2, 0.25) is 0 Å². The fraction of sp³-hybridized carbons (Fsp3) is 0.414. The number of ether oxygens (including phenoxy) is 1. The van der Waals surface area contributed by atoms with Crippen LogP contribution in [0.1, 0.15) is 59.2 Å². The van der Waals surface area contributed by atoms with Crippen LogP contribution in [-0.4, -0.2) is 53.6 Å². The minimum atomic E-state index is 0.0755. The van der Waals surface area contributed by atoms with Gasteiger partial charge in [-0.15, -0.1) is 0 Å². The van der Waals surface area contributed by atoms with Crippen LogP contribution in [0.5, 0.6) is 5.75 Å². The molecule has 0 N–H and O–H groups in total. The standard InChI is InChI=1S/C29H36N4O2/c1-4-5-20-35-26-14-12-25(13-15-26)29(34)33-17-9-16-32(18-19-33)28-27(22(2)30-23(3)31-28)21-24-10-7-6-8-11-24/h6-8,10-15H,4-5,9,16-21H2,1-3H3. The molecule has 184 valence electrons. The minimum Gasteiger partial charge on any atom is -0.494 e. The van der Waals surface area contributed by atoms with Gasteiger partial charge in [0.05, 0.1) is 6.61 Å². The van der Waals surface area contributed by atoms with E-state index in [4.69, 9.17) is 9.72 Å². The van der Waals surface area contributed by atoms with E-state index in [2.05, 4.69) is 48.0 Å². The summed E-state index contributed by atoms with van der Waals surface area (Å²) in [5.41, 5.74) is 4.15. The maximum Gasteiger partial charge on any atom is 0.253 e. The van der Waals surface area contributed by atoms with Gasteiger partial charge >= 0.3 is 0 Å². The maximum atomic E-state index is 13.2. The van der Waals surface area contributed by atoms with Gasteiger partial charge in [-0.05, 0) is 56.5 Å². The van der Waals surface area contributed by atoms with Gasteiger partial charge in [0, 0.05) is 49.4 Å². The van der Waals surface area contributed by atoms with E-state index in [0.717, 1.165) is 68.4 Å². The number of carbonyl (C=O) groups excluding carboxylic acids is 1. The van der Waals surface area contributed by atoms with E-state index in [1.54, 1.807) is 0 Å². The molecule has 0 atom stereocenters. The number of aryl methyl sites for hydroxylation is 2. The van der Waals surface area contributed by atoms with Crippen molar-refractivity contribution in [3.63, 3.8) is 0 Å². The number of rotatable bonds is 8. The largest absolute Gasteiger partial charge is 0.494 e. The predicted molar refractivity (Wildman–Crippen MR) is 140 cm³/mol. The van der Waals surface area contributed by atoms with Crippen LogP contribution in [0, 0.1) is 13.8 Å². The number of carbonyl (C=O) groups is 1. The Morgan fingerprint density at radius 2 is 1.71 bits per heavy atom. The third kappa shape index (κ3) is 6.38. The smallest absolute Gasteiger partial charge is 0.253 e. The summed E-state index contributed by atoms with van der Waals surface area (Å²) in [6.07, 6.45) is 3.83. The van der Waals surface area contributed by atoms with Gasteiger partial charge in [0.2, 0.25) is 0 Å². The van der Waals surface area contributed by atoms with Crippen molar-refractivity contribution >= 4 is 11.7 Å². The fourth-order valence-electron chi connectivity index (χ4n) is 4.53. The Kier molecular flexibility index (Phi) is 8.35. The van der Waals surface area contributed by atoms with E-state index in [1.807, 2.05) is 42.2 Å². The molecule has 3 aromatic rings. The van der Waals surface area contributed by atoms with Crippen LogP contribution in [0.25, 0.3) is 0 Å². The van der Waals surface area contributed by atoms with Crippen molar-refractivity contribution in [1.29, 1.82) is 0 Å². The number of benzene rings is 2. The van der Waals surface area contributed by atoms with Gasteiger partial charge in [0.25, 0.3) is 5.91 Å². The maximum absolute atomic E-state index is 13.2. The quantitative estimate of drug-likeness (QED) is 0.421. The summed E-state index contributed by atoms with van der Waals surface area (Å²) in [6.45, 7) is 9.89. The van der Waals surface area contributed by atoms with E-state index in [0.29, 0.717) is 18.7 Å². The molecule has 6 heteroatoms. The van der Waals surface area contributed by atoms with Gasteiger partial charge < -0.3 is 14.5 Å². The molecule has 0 radical (unpaired) electrons. The fourth-order valence-corrected chi connectivity index (χ4v) is 4.53. The topological polar surface area (TPSA) is 58.6 Å². The van der Waals surface area contributed by atoms with Crippen molar-refractivity contribution in [2.24, 2.45) is 0 Å². The summed E-state index contributed by atoms with van der Waals surface area (Å²) in [6, 6.07) is 18.0. The Hall–Kier alpha value is -3.41.